The highest BCUT2D eigenvalue weighted by Gasteiger charge is 2.45. The van der Waals surface area contributed by atoms with Gasteiger partial charge in [0.05, 0.1) is 5.41 Å². The molecule has 0 spiro atoms. The van der Waals surface area contributed by atoms with E-state index in [9.17, 15) is 9.59 Å². The van der Waals surface area contributed by atoms with Gasteiger partial charge < -0.3 is 15.1 Å². The normalized spacial score (nSPS) is 18.5. The Kier molecular flexibility index (Phi) is 5.51. The summed E-state index contributed by atoms with van der Waals surface area (Å²) in [7, 11) is 0. The van der Waals surface area contributed by atoms with Crippen molar-refractivity contribution in [2.45, 2.75) is 38.0 Å². The number of piperazine rings is 1. The largest absolute Gasteiger partial charge is 0.338 e. The molecule has 152 valence electrons. The molecule has 0 unspecified atom stereocenters. The molecule has 0 bridgehead atoms. The molecule has 6 nitrogen and oxygen atoms in total. The number of anilines is 1. The molecule has 1 N–H and O–H groups in total. The third kappa shape index (κ3) is 3.97. The first-order valence-electron chi connectivity index (χ1n) is 10.4. The third-order valence-corrected chi connectivity index (χ3v) is 6.24. The van der Waals surface area contributed by atoms with Gasteiger partial charge >= 0.3 is 6.03 Å². The van der Waals surface area contributed by atoms with Crippen LogP contribution in [0.3, 0.4) is 0 Å². The maximum absolute atomic E-state index is 13.5. The number of aromatic nitrogens is 1. The second-order valence-electron chi connectivity index (χ2n) is 8.11. The molecule has 2 heterocycles. The van der Waals surface area contributed by atoms with Gasteiger partial charge in [-0.25, -0.2) is 4.79 Å². The number of hydrogen-bond donors (Lipinski definition) is 1. The maximum atomic E-state index is 13.5. The topological polar surface area (TPSA) is 65.5 Å². The van der Waals surface area contributed by atoms with E-state index in [0.717, 1.165) is 42.5 Å². The van der Waals surface area contributed by atoms with Crippen LogP contribution in [-0.2, 0) is 10.2 Å². The molecule has 1 saturated carbocycles. The lowest BCUT2D eigenvalue weighted by atomic mass is 9.78. The quantitative estimate of drug-likeness (QED) is 0.868. The number of carbonyl (C=O) groups excluding carboxylic acids is 2. The predicted octanol–water partition coefficient (Wildman–Crippen LogP) is 3.58. The molecule has 2 fully saturated rings. The zero-order valence-electron chi connectivity index (χ0n) is 16.9. The molecule has 2 aliphatic rings. The molecule has 1 aromatic heterocycles. The van der Waals surface area contributed by atoms with Gasteiger partial charge in [0.1, 0.15) is 0 Å². The lowest BCUT2D eigenvalue weighted by Crippen LogP contribution is -2.55. The van der Waals surface area contributed by atoms with E-state index in [1.165, 1.54) is 0 Å². The molecule has 1 aromatic carbocycles. The minimum atomic E-state index is -0.444. The van der Waals surface area contributed by atoms with Crippen molar-refractivity contribution in [3.63, 3.8) is 0 Å². The minimum absolute atomic E-state index is 0.108. The molecule has 1 aliphatic heterocycles. The molecule has 0 radical (unpaired) electrons. The van der Waals surface area contributed by atoms with E-state index in [4.69, 9.17) is 0 Å². The lowest BCUT2D eigenvalue weighted by Gasteiger charge is -2.40. The molecule has 6 heteroatoms. The molecule has 1 aliphatic carbocycles. The average molecular weight is 393 g/mol. The zero-order valence-corrected chi connectivity index (χ0v) is 16.9. The summed E-state index contributed by atoms with van der Waals surface area (Å²) >= 11 is 0. The van der Waals surface area contributed by atoms with Crippen LogP contribution in [0.4, 0.5) is 10.5 Å². The summed E-state index contributed by atoms with van der Waals surface area (Å²) in [5, 5.41) is 2.95. The van der Waals surface area contributed by atoms with E-state index < -0.39 is 5.41 Å². The van der Waals surface area contributed by atoms with Crippen molar-refractivity contribution in [3.8, 4) is 0 Å². The van der Waals surface area contributed by atoms with Crippen LogP contribution in [0.2, 0.25) is 0 Å². The van der Waals surface area contributed by atoms with Crippen LogP contribution < -0.4 is 5.32 Å². The van der Waals surface area contributed by atoms with Crippen LogP contribution in [0.5, 0.6) is 0 Å². The number of nitrogens with one attached hydrogen (secondary N) is 1. The summed E-state index contributed by atoms with van der Waals surface area (Å²) in [5.74, 6) is 0.196. The molecular formula is C23H28N4O2. The number of urea groups is 1. The first kappa shape index (κ1) is 19.4. The van der Waals surface area contributed by atoms with Crippen LogP contribution in [-0.4, -0.2) is 52.9 Å². The van der Waals surface area contributed by atoms with E-state index in [2.05, 4.69) is 10.3 Å². The summed E-state index contributed by atoms with van der Waals surface area (Å²) in [6.45, 7) is 4.26. The van der Waals surface area contributed by atoms with Gasteiger partial charge in [-0.15, -0.1) is 0 Å². The van der Waals surface area contributed by atoms with Crippen LogP contribution in [0.1, 0.15) is 36.8 Å². The second kappa shape index (κ2) is 8.23. The minimum Gasteiger partial charge on any atom is -0.338 e. The van der Waals surface area contributed by atoms with Crippen LogP contribution in [0.15, 0.2) is 48.8 Å². The highest BCUT2D eigenvalue weighted by atomic mass is 16.2. The number of hydrogen-bond acceptors (Lipinski definition) is 3. The Balaban J connectivity index is 1.39. The van der Waals surface area contributed by atoms with Crippen molar-refractivity contribution in [1.82, 2.24) is 14.8 Å². The first-order valence-corrected chi connectivity index (χ1v) is 10.4. The number of nitrogens with zero attached hydrogens (tertiary/aromatic N) is 3. The lowest BCUT2D eigenvalue weighted by molar-refractivity contribution is -0.138. The Bertz CT molecular complexity index is 852. The highest BCUT2D eigenvalue weighted by Crippen LogP contribution is 2.42. The van der Waals surface area contributed by atoms with Gasteiger partial charge in [-0.1, -0.05) is 36.6 Å². The smallest absolute Gasteiger partial charge is 0.321 e. The van der Waals surface area contributed by atoms with Gasteiger partial charge in [0.2, 0.25) is 5.91 Å². The van der Waals surface area contributed by atoms with Crippen molar-refractivity contribution in [2.75, 3.05) is 31.5 Å². The van der Waals surface area contributed by atoms with Crippen LogP contribution in [0, 0.1) is 6.92 Å². The van der Waals surface area contributed by atoms with Crippen LogP contribution >= 0.6 is 0 Å². The Labute approximate surface area is 171 Å². The molecule has 0 atom stereocenters. The number of carbonyl (C=O) groups is 2. The fourth-order valence-electron chi connectivity index (χ4n) is 4.51. The second-order valence-corrected chi connectivity index (χ2v) is 8.11. The average Bonchev–Trinajstić information content (AvgIpc) is 3.27. The Morgan fingerprint density at radius 3 is 2.24 bits per heavy atom. The summed E-state index contributed by atoms with van der Waals surface area (Å²) in [6, 6.07) is 11.6. The zero-order chi connectivity index (χ0) is 20.3. The summed E-state index contributed by atoms with van der Waals surface area (Å²) in [5.41, 5.74) is 2.54. The number of benzene rings is 1. The van der Waals surface area contributed by atoms with Crippen molar-refractivity contribution in [1.29, 1.82) is 0 Å². The van der Waals surface area contributed by atoms with E-state index >= 15 is 0 Å². The SMILES string of the molecule is Cc1ccc(NC(=O)N2CCN(C(=O)C3(c4cccnc4)CCCC3)CC2)cc1. The predicted molar refractivity (Wildman–Crippen MR) is 113 cm³/mol. The number of rotatable bonds is 3. The molecule has 4 rings (SSSR count). The van der Waals surface area contributed by atoms with E-state index in [1.54, 1.807) is 11.1 Å². The Morgan fingerprint density at radius 2 is 1.62 bits per heavy atom. The standard InChI is InChI=1S/C23H28N4O2/c1-18-6-8-20(9-7-18)25-22(29)27-15-13-26(14-16-27)21(28)23(10-2-3-11-23)19-5-4-12-24-17-19/h4-9,12,17H,2-3,10-11,13-16H2,1H3,(H,25,29). The molecule has 29 heavy (non-hydrogen) atoms. The molecule has 2 aromatic rings. The number of aryl methyl sites for hydroxylation is 1. The van der Waals surface area contributed by atoms with Gasteiger partial charge in [0.25, 0.3) is 0 Å². The fraction of sp³-hybridized carbons (Fsp3) is 0.435. The van der Waals surface area contributed by atoms with Gasteiger partial charge in [0.15, 0.2) is 0 Å². The van der Waals surface area contributed by atoms with E-state index in [0.29, 0.717) is 26.2 Å². The fourth-order valence-corrected chi connectivity index (χ4v) is 4.51. The van der Waals surface area contributed by atoms with Gasteiger partial charge in [-0.2, -0.15) is 0 Å². The molecule has 1 saturated heterocycles. The first-order chi connectivity index (χ1) is 14.1. The summed E-state index contributed by atoms with van der Waals surface area (Å²) < 4.78 is 0. The van der Waals surface area contributed by atoms with E-state index in [-0.39, 0.29) is 11.9 Å². The van der Waals surface area contributed by atoms with Gasteiger partial charge in [0, 0.05) is 44.3 Å². The molecular weight excluding hydrogens is 364 g/mol. The highest BCUT2D eigenvalue weighted by molar-refractivity contribution is 5.91. The Morgan fingerprint density at radius 1 is 0.966 bits per heavy atom. The maximum Gasteiger partial charge on any atom is 0.321 e. The Hall–Kier alpha value is -2.89. The monoisotopic (exact) mass is 392 g/mol. The van der Waals surface area contributed by atoms with Crippen molar-refractivity contribution >= 4 is 17.6 Å². The summed E-state index contributed by atoms with van der Waals surface area (Å²) in [6.07, 6.45) is 7.49. The third-order valence-electron chi connectivity index (χ3n) is 6.24. The number of amides is 3. The van der Waals surface area contributed by atoms with Crippen LogP contribution in [0.25, 0.3) is 0 Å². The summed E-state index contributed by atoms with van der Waals surface area (Å²) in [4.78, 5) is 34.0. The van der Waals surface area contributed by atoms with Crippen molar-refractivity contribution < 1.29 is 9.59 Å². The van der Waals surface area contributed by atoms with Crippen molar-refractivity contribution in [2.24, 2.45) is 0 Å². The van der Waals surface area contributed by atoms with Crippen molar-refractivity contribution in [3.05, 3.63) is 59.9 Å². The van der Waals surface area contributed by atoms with Gasteiger partial charge in [-0.05, 0) is 43.5 Å². The van der Waals surface area contributed by atoms with E-state index in [1.807, 2.05) is 54.4 Å². The van der Waals surface area contributed by atoms with Gasteiger partial charge in [-0.3, -0.25) is 9.78 Å². The number of pyridine rings is 1. The molecule has 3 amide bonds.